The molecule has 1 N–H and O–H groups in total. The van der Waals surface area contributed by atoms with Crippen molar-refractivity contribution in [3.63, 3.8) is 0 Å². The van der Waals surface area contributed by atoms with Gasteiger partial charge >= 0.3 is 5.69 Å². The number of imidazole rings is 1. The van der Waals surface area contributed by atoms with Crippen molar-refractivity contribution in [2.24, 2.45) is 7.05 Å². The van der Waals surface area contributed by atoms with Crippen molar-refractivity contribution in [3.05, 3.63) is 70.3 Å². The molecule has 4 rings (SSSR count). The molecule has 9 heteroatoms. The van der Waals surface area contributed by atoms with Crippen molar-refractivity contribution in [1.82, 2.24) is 18.4 Å². The fourth-order valence-corrected chi connectivity index (χ4v) is 5.66. The lowest BCUT2D eigenvalue weighted by molar-refractivity contribution is -0.120. The molecule has 0 aliphatic heterocycles. The minimum Gasteiger partial charge on any atom is -0.350 e. The van der Waals surface area contributed by atoms with Crippen LogP contribution < -0.4 is 10.4 Å². The van der Waals surface area contributed by atoms with Crippen LogP contribution in [0.15, 0.2) is 53.5 Å². The van der Waals surface area contributed by atoms with E-state index in [4.69, 9.17) is 0 Å². The third-order valence-corrected chi connectivity index (χ3v) is 9.07. The summed E-state index contributed by atoms with van der Waals surface area (Å²) in [6, 6.07) is 13.3. The summed E-state index contributed by atoms with van der Waals surface area (Å²) in [6.07, 6.45) is 3.25. The molecule has 0 saturated carbocycles. The van der Waals surface area contributed by atoms with Crippen LogP contribution in [0.25, 0.3) is 21.9 Å². The van der Waals surface area contributed by atoms with Gasteiger partial charge < -0.3 is 4.57 Å². The Morgan fingerprint density at radius 1 is 1.03 bits per heavy atom. The highest BCUT2D eigenvalue weighted by Gasteiger charge is 2.32. The molecule has 0 aliphatic rings. The maximum Gasteiger partial charge on any atom is 0.329 e. The third-order valence-electron chi connectivity index (χ3n) is 6.96. The molecule has 0 unspecified atom stereocenters. The zero-order valence-corrected chi connectivity index (χ0v) is 23.2. The number of nitrogens with one attached hydrogen (secondary N) is 1. The number of aryl methyl sites for hydroxylation is 2. The number of carbonyl (C=O) groups is 1. The largest absolute Gasteiger partial charge is 0.350 e. The van der Waals surface area contributed by atoms with Gasteiger partial charge in [-0.05, 0) is 63.4 Å². The lowest BCUT2D eigenvalue weighted by Crippen LogP contribution is -2.43. The SMILES string of the molecule is CCC[C@@H](CC(=O)NS(=O)(=O)C(C)(C)C)n1c(=O)n(Cc2cn(C)c3cccc(C)c23)c2ccccc21. The van der Waals surface area contributed by atoms with E-state index in [-0.39, 0.29) is 12.1 Å². The molecule has 1 amide bonds. The molecule has 4 aromatic rings. The van der Waals surface area contributed by atoms with Crippen molar-refractivity contribution in [2.75, 3.05) is 0 Å². The van der Waals surface area contributed by atoms with Crippen molar-refractivity contribution in [3.8, 4) is 0 Å². The smallest absolute Gasteiger partial charge is 0.329 e. The lowest BCUT2D eigenvalue weighted by Gasteiger charge is -2.22. The van der Waals surface area contributed by atoms with Crippen molar-refractivity contribution < 1.29 is 13.2 Å². The lowest BCUT2D eigenvalue weighted by atomic mass is 10.1. The molecule has 0 radical (unpaired) electrons. The highest BCUT2D eigenvalue weighted by molar-refractivity contribution is 7.91. The zero-order valence-electron chi connectivity index (χ0n) is 22.4. The molecule has 2 aromatic heterocycles. The zero-order chi connectivity index (χ0) is 27.1. The molecule has 0 spiro atoms. The number of amides is 1. The Balaban J connectivity index is 1.78. The van der Waals surface area contributed by atoms with Crippen LogP contribution in [0.2, 0.25) is 0 Å². The predicted molar refractivity (Wildman–Crippen MR) is 148 cm³/mol. The third kappa shape index (κ3) is 4.97. The monoisotopic (exact) mass is 524 g/mol. The summed E-state index contributed by atoms with van der Waals surface area (Å²) in [5.41, 5.74) is 4.59. The number of carbonyl (C=O) groups excluding carboxylic acids is 1. The van der Waals surface area contributed by atoms with Gasteiger partial charge in [0.2, 0.25) is 15.9 Å². The fraction of sp³-hybridized carbons (Fsp3) is 0.429. The first-order chi connectivity index (χ1) is 17.4. The van der Waals surface area contributed by atoms with Gasteiger partial charge in [-0.1, -0.05) is 37.6 Å². The predicted octanol–water partition coefficient (Wildman–Crippen LogP) is 4.63. The average Bonchev–Trinajstić information content (AvgIpc) is 3.27. The number of benzene rings is 2. The Kier molecular flexibility index (Phi) is 7.12. The molecule has 8 nitrogen and oxygen atoms in total. The van der Waals surface area contributed by atoms with Gasteiger partial charge in [-0.2, -0.15) is 0 Å². The molecular weight excluding hydrogens is 488 g/mol. The van der Waals surface area contributed by atoms with Crippen molar-refractivity contribution >= 4 is 37.9 Å². The number of hydrogen-bond donors (Lipinski definition) is 1. The van der Waals surface area contributed by atoms with Crippen LogP contribution in [0.4, 0.5) is 0 Å². The van der Waals surface area contributed by atoms with Crippen molar-refractivity contribution in [2.45, 2.75) is 71.2 Å². The number of sulfonamides is 1. The van der Waals surface area contributed by atoms with E-state index in [1.54, 1.807) is 29.9 Å². The van der Waals surface area contributed by atoms with Crippen LogP contribution in [0, 0.1) is 6.92 Å². The Morgan fingerprint density at radius 3 is 2.32 bits per heavy atom. The second-order valence-electron chi connectivity index (χ2n) is 10.7. The van der Waals surface area contributed by atoms with Gasteiger partial charge in [-0.15, -0.1) is 0 Å². The summed E-state index contributed by atoms with van der Waals surface area (Å²) in [4.78, 5) is 26.8. The summed E-state index contributed by atoms with van der Waals surface area (Å²) < 4.78 is 31.7. The van der Waals surface area contributed by atoms with E-state index in [0.29, 0.717) is 13.0 Å². The van der Waals surface area contributed by atoms with E-state index < -0.39 is 26.7 Å². The minimum atomic E-state index is -3.84. The fourth-order valence-electron chi connectivity index (χ4n) is 4.97. The van der Waals surface area contributed by atoms with Crippen LogP contribution in [0.1, 0.15) is 64.1 Å². The van der Waals surface area contributed by atoms with Crippen molar-refractivity contribution in [1.29, 1.82) is 0 Å². The Hall–Kier alpha value is -3.33. The number of nitrogens with zero attached hydrogens (tertiary/aromatic N) is 3. The molecular formula is C28H36N4O4S. The van der Waals surface area contributed by atoms with Crippen LogP contribution in [0.3, 0.4) is 0 Å². The quantitative estimate of drug-likeness (QED) is 0.364. The Labute approximate surface area is 217 Å². The molecule has 0 saturated heterocycles. The molecule has 0 aliphatic carbocycles. The molecule has 0 fully saturated rings. The summed E-state index contributed by atoms with van der Waals surface area (Å²) in [5.74, 6) is -0.609. The topological polar surface area (TPSA) is 95.1 Å². The Bertz CT molecular complexity index is 1630. The molecule has 0 bridgehead atoms. The minimum absolute atomic E-state index is 0.107. The number of hydrogen-bond acceptors (Lipinski definition) is 4. The normalized spacial score (nSPS) is 13.4. The first-order valence-electron chi connectivity index (χ1n) is 12.6. The number of para-hydroxylation sites is 2. The standard InChI is InChI=1S/C28H36N4O4S/c1-7-11-21(16-25(33)29-37(35,36)28(3,4)5)32-23-14-9-8-13-22(23)31(27(32)34)18-20-17-30(6)24-15-10-12-19(2)26(20)24/h8-10,12-15,17,21H,7,11,16,18H2,1-6H3,(H,29,33)/t21-/m0/s1. The van der Waals surface area contributed by atoms with Gasteiger partial charge in [-0.25, -0.2) is 13.2 Å². The van der Waals surface area contributed by atoms with Gasteiger partial charge in [0, 0.05) is 36.6 Å². The molecule has 2 aromatic carbocycles. The maximum absolute atomic E-state index is 13.9. The first kappa shape index (κ1) is 26.7. The van der Waals surface area contributed by atoms with Crippen LogP contribution in [-0.2, 0) is 28.4 Å². The highest BCUT2D eigenvalue weighted by atomic mass is 32.2. The van der Waals surface area contributed by atoms with Crippen LogP contribution >= 0.6 is 0 Å². The number of rotatable bonds is 8. The van der Waals surface area contributed by atoms with Crippen LogP contribution in [-0.4, -0.2) is 32.8 Å². The summed E-state index contributed by atoms with van der Waals surface area (Å²) >= 11 is 0. The van der Waals surface area contributed by atoms with E-state index in [1.807, 2.05) is 44.3 Å². The molecule has 2 heterocycles. The van der Waals surface area contributed by atoms with Gasteiger partial charge in [0.1, 0.15) is 0 Å². The highest BCUT2D eigenvalue weighted by Crippen LogP contribution is 2.28. The maximum atomic E-state index is 13.9. The summed E-state index contributed by atoms with van der Waals surface area (Å²) in [6.45, 7) is 9.06. The molecule has 1 atom stereocenters. The van der Waals surface area contributed by atoms with Gasteiger partial charge in [-0.3, -0.25) is 18.7 Å². The first-order valence-corrected chi connectivity index (χ1v) is 14.1. The van der Waals surface area contributed by atoms with E-state index in [0.717, 1.165) is 39.5 Å². The van der Waals surface area contributed by atoms with Crippen LogP contribution in [0.5, 0.6) is 0 Å². The molecule has 37 heavy (non-hydrogen) atoms. The second kappa shape index (κ2) is 9.85. The van der Waals surface area contributed by atoms with E-state index >= 15 is 0 Å². The van der Waals surface area contributed by atoms with E-state index in [2.05, 4.69) is 34.5 Å². The second-order valence-corrected chi connectivity index (χ2v) is 13.2. The van der Waals surface area contributed by atoms with Gasteiger partial charge in [0.25, 0.3) is 0 Å². The summed E-state index contributed by atoms with van der Waals surface area (Å²) in [5, 5.41) is 1.13. The summed E-state index contributed by atoms with van der Waals surface area (Å²) in [7, 11) is -1.85. The number of fused-ring (bicyclic) bond motifs is 2. The van der Waals surface area contributed by atoms with Gasteiger partial charge in [0.05, 0.1) is 22.3 Å². The van der Waals surface area contributed by atoms with Gasteiger partial charge in [0.15, 0.2) is 0 Å². The number of aromatic nitrogens is 3. The van der Waals surface area contributed by atoms with E-state index in [1.165, 1.54) is 0 Å². The Morgan fingerprint density at radius 2 is 1.68 bits per heavy atom. The van der Waals surface area contributed by atoms with E-state index in [9.17, 15) is 18.0 Å². The average molecular weight is 525 g/mol. The molecule has 198 valence electrons.